The summed E-state index contributed by atoms with van der Waals surface area (Å²) in [5, 5.41) is 4.02. The number of nitrogens with zero attached hydrogens (tertiary/aromatic N) is 5. The van der Waals surface area contributed by atoms with Crippen LogP contribution in [-0.4, -0.2) is 24.7 Å². The van der Waals surface area contributed by atoms with Gasteiger partial charge < -0.3 is 5.73 Å². The molecule has 0 radical (unpaired) electrons. The molecule has 2 rings (SSSR count). The van der Waals surface area contributed by atoms with Crippen molar-refractivity contribution in [2.24, 2.45) is 0 Å². The van der Waals surface area contributed by atoms with Crippen LogP contribution in [0.15, 0.2) is 12.7 Å². The van der Waals surface area contributed by atoms with E-state index >= 15 is 0 Å². The van der Waals surface area contributed by atoms with Gasteiger partial charge in [0.1, 0.15) is 24.3 Å². The topological polar surface area (TPSA) is 82.5 Å². The van der Waals surface area contributed by atoms with Gasteiger partial charge >= 0.3 is 0 Å². The summed E-state index contributed by atoms with van der Waals surface area (Å²) in [6.07, 6.45) is 3.80. The molecule has 2 aromatic heterocycles. The minimum atomic E-state index is 0.493. The van der Waals surface area contributed by atoms with E-state index in [4.69, 9.17) is 5.73 Å². The first-order chi connectivity index (χ1) is 7.22. The van der Waals surface area contributed by atoms with Crippen LogP contribution in [0, 0.1) is 6.92 Å². The highest BCUT2D eigenvalue weighted by atomic mass is 15.3. The standard InChI is InChI=1S/C9H12N6/c1-3-7-13-8(10)6(2)9(14-7)15-5-11-4-12-15/h4-5H,3H2,1-2H3,(H2,10,13,14). The van der Waals surface area contributed by atoms with Crippen molar-refractivity contribution in [1.29, 1.82) is 0 Å². The first-order valence-corrected chi connectivity index (χ1v) is 4.70. The maximum atomic E-state index is 5.79. The normalized spacial score (nSPS) is 10.5. The minimum Gasteiger partial charge on any atom is -0.383 e. The largest absolute Gasteiger partial charge is 0.383 e. The molecule has 0 spiro atoms. The maximum Gasteiger partial charge on any atom is 0.163 e. The van der Waals surface area contributed by atoms with Gasteiger partial charge in [-0.1, -0.05) is 6.92 Å². The Kier molecular flexibility index (Phi) is 2.32. The summed E-state index contributed by atoms with van der Waals surface area (Å²) < 4.78 is 1.59. The lowest BCUT2D eigenvalue weighted by Gasteiger charge is -2.08. The third kappa shape index (κ3) is 1.65. The van der Waals surface area contributed by atoms with Gasteiger partial charge in [-0.25, -0.2) is 19.6 Å². The van der Waals surface area contributed by atoms with Crippen molar-refractivity contribution < 1.29 is 0 Å². The van der Waals surface area contributed by atoms with E-state index in [1.165, 1.54) is 6.33 Å². The third-order valence-corrected chi connectivity index (χ3v) is 2.16. The molecule has 0 aliphatic heterocycles. The molecule has 0 bridgehead atoms. The Morgan fingerprint density at radius 2 is 2.20 bits per heavy atom. The number of nitrogens with two attached hydrogens (primary N) is 1. The Balaban J connectivity index is 2.60. The quantitative estimate of drug-likeness (QED) is 0.770. The highest BCUT2D eigenvalue weighted by Crippen LogP contribution is 2.15. The lowest BCUT2D eigenvalue weighted by atomic mass is 10.3. The summed E-state index contributed by atoms with van der Waals surface area (Å²) in [4.78, 5) is 12.4. The van der Waals surface area contributed by atoms with Gasteiger partial charge in [0, 0.05) is 12.0 Å². The molecule has 15 heavy (non-hydrogen) atoms. The lowest BCUT2D eigenvalue weighted by Crippen LogP contribution is -2.09. The molecule has 6 nitrogen and oxygen atoms in total. The van der Waals surface area contributed by atoms with E-state index in [2.05, 4.69) is 20.1 Å². The highest BCUT2D eigenvalue weighted by Gasteiger charge is 2.09. The summed E-state index contributed by atoms with van der Waals surface area (Å²) in [5.41, 5.74) is 6.61. The van der Waals surface area contributed by atoms with E-state index in [1.807, 2.05) is 13.8 Å². The van der Waals surface area contributed by atoms with E-state index in [0.717, 1.165) is 12.0 Å². The Labute approximate surface area is 87.2 Å². The molecule has 2 N–H and O–H groups in total. The second-order valence-electron chi connectivity index (χ2n) is 3.17. The maximum absolute atomic E-state index is 5.79. The fourth-order valence-corrected chi connectivity index (χ4v) is 1.27. The van der Waals surface area contributed by atoms with Crippen LogP contribution < -0.4 is 5.73 Å². The third-order valence-electron chi connectivity index (χ3n) is 2.16. The van der Waals surface area contributed by atoms with Gasteiger partial charge in [-0.05, 0) is 6.92 Å². The molecule has 2 aromatic rings. The van der Waals surface area contributed by atoms with Crippen molar-refractivity contribution >= 4 is 5.82 Å². The summed E-state index contributed by atoms with van der Waals surface area (Å²) in [6.45, 7) is 3.85. The number of rotatable bonds is 2. The first kappa shape index (κ1) is 9.57. The Morgan fingerprint density at radius 1 is 1.40 bits per heavy atom. The molecule has 0 amide bonds. The van der Waals surface area contributed by atoms with Gasteiger partial charge in [0.25, 0.3) is 0 Å². The molecule has 0 unspecified atom stereocenters. The average molecular weight is 204 g/mol. The predicted octanol–water partition coefficient (Wildman–Crippen LogP) is 0.510. The number of hydrogen-bond donors (Lipinski definition) is 1. The monoisotopic (exact) mass is 204 g/mol. The van der Waals surface area contributed by atoms with Crippen molar-refractivity contribution in [2.45, 2.75) is 20.3 Å². The Hall–Kier alpha value is -1.98. The molecule has 0 aromatic carbocycles. The van der Waals surface area contributed by atoms with Gasteiger partial charge in [-0.2, -0.15) is 5.10 Å². The van der Waals surface area contributed by atoms with E-state index in [1.54, 1.807) is 11.0 Å². The number of anilines is 1. The zero-order valence-corrected chi connectivity index (χ0v) is 8.68. The molecule has 0 saturated carbocycles. The van der Waals surface area contributed by atoms with Crippen molar-refractivity contribution in [3.63, 3.8) is 0 Å². The van der Waals surface area contributed by atoms with Crippen LogP contribution >= 0.6 is 0 Å². The van der Waals surface area contributed by atoms with Crippen molar-refractivity contribution in [3.05, 3.63) is 24.0 Å². The summed E-state index contributed by atoms with van der Waals surface area (Å²) in [6, 6.07) is 0. The van der Waals surface area contributed by atoms with Crippen LogP contribution in [0.25, 0.3) is 5.82 Å². The van der Waals surface area contributed by atoms with Crippen LogP contribution in [0.2, 0.25) is 0 Å². The van der Waals surface area contributed by atoms with Crippen LogP contribution in [0.4, 0.5) is 5.82 Å². The fourth-order valence-electron chi connectivity index (χ4n) is 1.27. The van der Waals surface area contributed by atoms with Crippen molar-refractivity contribution in [3.8, 4) is 5.82 Å². The molecule has 0 atom stereocenters. The first-order valence-electron chi connectivity index (χ1n) is 4.70. The van der Waals surface area contributed by atoms with Gasteiger partial charge in [0.15, 0.2) is 5.82 Å². The van der Waals surface area contributed by atoms with Crippen LogP contribution in [-0.2, 0) is 6.42 Å². The van der Waals surface area contributed by atoms with E-state index in [0.29, 0.717) is 17.5 Å². The van der Waals surface area contributed by atoms with Crippen molar-refractivity contribution in [2.75, 3.05) is 5.73 Å². The second kappa shape index (κ2) is 3.64. The van der Waals surface area contributed by atoms with E-state index in [-0.39, 0.29) is 0 Å². The van der Waals surface area contributed by atoms with Gasteiger partial charge in [0.2, 0.25) is 0 Å². The van der Waals surface area contributed by atoms with Crippen LogP contribution in [0.1, 0.15) is 18.3 Å². The van der Waals surface area contributed by atoms with E-state index in [9.17, 15) is 0 Å². The molecular formula is C9H12N6. The molecular weight excluding hydrogens is 192 g/mol. The van der Waals surface area contributed by atoms with Gasteiger partial charge in [-0.15, -0.1) is 0 Å². The average Bonchev–Trinajstić information content (AvgIpc) is 2.75. The van der Waals surface area contributed by atoms with E-state index < -0.39 is 0 Å². The summed E-state index contributed by atoms with van der Waals surface area (Å²) >= 11 is 0. The smallest absolute Gasteiger partial charge is 0.163 e. The number of nitrogen functional groups attached to an aromatic ring is 1. The summed E-state index contributed by atoms with van der Waals surface area (Å²) in [5.74, 6) is 1.90. The number of hydrogen-bond acceptors (Lipinski definition) is 5. The van der Waals surface area contributed by atoms with Crippen molar-refractivity contribution in [1.82, 2.24) is 24.7 Å². The molecule has 78 valence electrons. The van der Waals surface area contributed by atoms with Crippen LogP contribution in [0.3, 0.4) is 0 Å². The predicted molar refractivity (Wildman–Crippen MR) is 55.5 cm³/mol. The second-order valence-corrected chi connectivity index (χ2v) is 3.17. The molecule has 0 fully saturated rings. The molecule has 0 aliphatic rings. The molecule has 0 aliphatic carbocycles. The molecule has 6 heteroatoms. The Bertz CT molecular complexity index is 462. The highest BCUT2D eigenvalue weighted by molar-refractivity contribution is 5.47. The zero-order chi connectivity index (χ0) is 10.8. The molecule has 2 heterocycles. The molecule has 0 saturated heterocycles. The summed E-state index contributed by atoms with van der Waals surface area (Å²) in [7, 11) is 0. The zero-order valence-electron chi connectivity index (χ0n) is 8.68. The minimum absolute atomic E-state index is 0.493. The number of aryl methyl sites for hydroxylation is 1. The number of aromatic nitrogens is 5. The lowest BCUT2D eigenvalue weighted by molar-refractivity contribution is 0.804. The SMILES string of the molecule is CCc1nc(N)c(C)c(-n2cncn2)n1. The van der Waals surface area contributed by atoms with Gasteiger partial charge in [-0.3, -0.25) is 0 Å². The Morgan fingerprint density at radius 3 is 2.80 bits per heavy atom. The van der Waals surface area contributed by atoms with Gasteiger partial charge in [0.05, 0.1) is 0 Å². The fraction of sp³-hybridized carbons (Fsp3) is 0.333. The van der Waals surface area contributed by atoms with Crippen LogP contribution in [0.5, 0.6) is 0 Å².